The molecule has 0 aromatic carbocycles. The monoisotopic (exact) mass is 284 g/mol. The predicted molar refractivity (Wildman–Crippen MR) is 75.0 cm³/mol. The Bertz CT molecular complexity index is 490. The van der Waals surface area contributed by atoms with Crippen LogP contribution in [0.5, 0.6) is 0 Å². The topological polar surface area (TPSA) is 74.3 Å². The lowest BCUT2D eigenvalue weighted by Gasteiger charge is -2.31. The summed E-state index contributed by atoms with van der Waals surface area (Å²) in [6.07, 6.45) is 3.53. The van der Waals surface area contributed by atoms with Gasteiger partial charge in [-0.3, -0.25) is 4.72 Å². The van der Waals surface area contributed by atoms with Crippen LogP contribution in [0.25, 0.3) is 0 Å². The molecule has 1 fully saturated rings. The molecule has 6 nitrogen and oxygen atoms in total. The van der Waals surface area contributed by atoms with Crippen LogP contribution in [0, 0.1) is 5.92 Å². The summed E-state index contributed by atoms with van der Waals surface area (Å²) in [5.74, 6) is 0.734. The van der Waals surface area contributed by atoms with Gasteiger partial charge in [-0.2, -0.15) is 12.7 Å². The minimum absolute atomic E-state index is 0.359. The molecular weight excluding hydrogens is 264 g/mol. The van der Waals surface area contributed by atoms with Crippen LogP contribution in [-0.4, -0.2) is 44.4 Å². The van der Waals surface area contributed by atoms with Crippen molar-refractivity contribution in [3.63, 3.8) is 0 Å². The van der Waals surface area contributed by atoms with Gasteiger partial charge >= 0.3 is 10.2 Å². The largest absolute Gasteiger partial charge is 0.319 e. The van der Waals surface area contributed by atoms with Gasteiger partial charge < -0.3 is 5.32 Å². The zero-order valence-electron chi connectivity index (χ0n) is 11.0. The molecule has 1 aromatic rings. The number of piperidine rings is 1. The maximum Gasteiger partial charge on any atom is 0.302 e. The Morgan fingerprint density at radius 2 is 2.32 bits per heavy atom. The van der Waals surface area contributed by atoms with E-state index < -0.39 is 10.2 Å². The maximum absolute atomic E-state index is 12.3. The van der Waals surface area contributed by atoms with E-state index in [2.05, 4.69) is 15.0 Å². The summed E-state index contributed by atoms with van der Waals surface area (Å²) in [4.78, 5) is 3.98. The molecule has 0 bridgehead atoms. The average Bonchev–Trinajstić information content (AvgIpc) is 2.40. The van der Waals surface area contributed by atoms with Crippen LogP contribution in [0.3, 0.4) is 0 Å². The lowest BCUT2D eigenvalue weighted by Crippen LogP contribution is -2.44. The summed E-state index contributed by atoms with van der Waals surface area (Å²) in [5, 5.41) is 3.10. The Labute approximate surface area is 114 Å². The zero-order valence-corrected chi connectivity index (χ0v) is 11.9. The number of anilines is 1. The van der Waals surface area contributed by atoms with Crippen molar-refractivity contribution in [1.82, 2.24) is 14.6 Å². The summed E-state index contributed by atoms with van der Waals surface area (Å²) in [6, 6.07) is 5.15. The lowest BCUT2D eigenvalue weighted by molar-refractivity contribution is 0.264. The predicted octanol–water partition coefficient (Wildman–Crippen LogP) is 0.670. The van der Waals surface area contributed by atoms with Gasteiger partial charge in [0.05, 0.1) is 0 Å². The number of hydrogen-bond donors (Lipinski definition) is 2. The summed E-state index contributed by atoms with van der Waals surface area (Å²) in [7, 11) is -1.61. The van der Waals surface area contributed by atoms with Gasteiger partial charge in [-0.1, -0.05) is 6.07 Å². The molecule has 1 saturated heterocycles. The number of nitrogens with one attached hydrogen (secondary N) is 2. The maximum atomic E-state index is 12.3. The van der Waals surface area contributed by atoms with Gasteiger partial charge in [0.1, 0.15) is 5.82 Å². The van der Waals surface area contributed by atoms with Crippen molar-refractivity contribution in [1.29, 1.82) is 0 Å². The highest BCUT2D eigenvalue weighted by molar-refractivity contribution is 7.90. The second-order valence-corrected chi connectivity index (χ2v) is 6.42. The van der Waals surface area contributed by atoms with Gasteiger partial charge in [0.2, 0.25) is 0 Å². The van der Waals surface area contributed by atoms with Gasteiger partial charge in [0.15, 0.2) is 0 Å². The fraction of sp³-hybridized carbons (Fsp3) is 0.583. The summed E-state index contributed by atoms with van der Waals surface area (Å²) < 4.78 is 28.5. The van der Waals surface area contributed by atoms with Gasteiger partial charge in [-0.05, 0) is 44.5 Å². The Morgan fingerprint density at radius 1 is 1.47 bits per heavy atom. The highest BCUT2D eigenvalue weighted by atomic mass is 32.2. The first-order chi connectivity index (χ1) is 9.12. The molecule has 1 aromatic heterocycles. The molecule has 106 valence electrons. The molecule has 0 radical (unpaired) electrons. The van der Waals surface area contributed by atoms with Crippen LogP contribution in [0.15, 0.2) is 24.4 Å². The van der Waals surface area contributed by atoms with Crippen LogP contribution in [0.1, 0.15) is 12.8 Å². The Kier molecular flexibility index (Phi) is 4.73. The Balaban J connectivity index is 2.03. The fourth-order valence-electron chi connectivity index (χ4n) is 2.32. The third kappa shape index (κ3) is 3.89. The molecule has 0 spiro atoms. The Morgan fingerprint density at radius 3 is 3.00 bits per heavy atom. The number of aromatic nitrogens is 1. The number of pyridine rings is 1. The normalized spacial score (nSPS) is 21.2. The second-order valence-electron chi connectivity index (χ2n) is 4.75. The van der Waals surface area contributed by atoms with E-state index in [4.69, 9.17) is 0 Å². The minimum atomic E-state index is -3.49. The standard InChI is InChI=1S/C12H20N4O2S/c1-13-9-11-5-4-8-16(10-11)19(17,18)15-12-6-2-3-7-14-12/h2-3,6-7,11,13H,4-5,8-10H2,1H3,(H,14,15). The third-order valence-electron chi connectivity index (χ3n) is 3.21. The quantitative estimate of drug-likeness (QED) is 0.833. The van der Waals surface area contributed by atoms with Crippen LogP contribution in [0.2, 0.25) is 0 Å². The molecule has 0 aliphatic carbocycles. The van der Waals surface area contributed by atoms with E-state index in [0.717, 1.165) is 19.4 Å². The van der Waals surface area contributed by atoms with Crippen molar-refractivity contribution in [2.45, 2.75) is 12.8 Å². The van der Waals surface area contributed by atoms with Crippen molar-refractivity contribution in [2.75, 3.05) is 31.4 Å². The SMILES string of the molecule is CNCC1CCCN(S(=O)(=O)Nc2ccccn2)C1. The first-order valence-electron chi connectivity index (χ1n) is 6.45. The smallest absolute Gasteiger partial charge is 0.302 e. The van der Waals surface area contributed by atoms with E-state index in [1.807, 2.05) is 7.05 Å². The number of nitrogens with zero attached hydrogens (tertiary/aromatic N) is 2. The van der Waals surface area contributed by atoms with E-state index in [1.54, 1.807) is 24.4 Å². The van der Waals surface area contributed by atoms with Gasteiger partial charge in [0, 0.05) is 19.3 Å². The first kappa shape index (κ1) is 14.2. The van der Waals surface area contributed by atoms with Crippen molar-refractivity contribution < 1.29 is 8.42 Å². The van der Waals surface area contributed by atoms with E-state index >= 15 is 0 Å². The first-order valence-corrected chi connectivity index (χ1v) is 7.89. The van der Waals surface area contributed by atoms with E-state index in [0.29, 0.717) is 24.8 Å². The van der Waals surface area contributed by atoms with Crippen molar-refractivity contribution in [3.05, 3.63) is 24.4 Å². The zero-order chi connectivity index (χ0) is 13.7. The summed E-state index contributed by atoms with van der Waals surface area (Å²) >= 11 is 0. The Hall–Kier alpha value is -1.18. The molecule has 2 rings (SSSR count). The summed E-state index contributed by atoms with van der Waals surface area (Å²) in [6.45, 7) is 1.97. The van der Waals surface area contributed by atoms with Crippen molar-refractivity contribution >= 4 is 16.0 Å². The number of rotatable bonds is 5. The second kappa shape index (κ2) is 6.31. The van der Waals surface area contributed by atoms with E-state index in [-0.39, 0.29) is 0 Å². The number of hydrogen-bond acceptors (Lipinski definition) is 4. The molecule has 0 amide bonds. The molecule has 7 heteroatoms. The summed E-state index contributed by atoms with van der Waals surface area (Å²) in [5.41, 5.74) is 0. The van der Waals surface area contributed by atoms with Crippen LogP contribution in [-0.2, 0) is 10.2 Å². The minimum Gasteiger partial charge on any atom is -0.319 e. The molecule has 0 saturated carbocycles. The van der Waals surface area contributed by atoms with Crippen LogP contribution >= 0.6 is 0 Å². The molecule has 1 aliphatic rings. The van der Waals surface area contributed by atoms with Gasteiger partial charge in [-0.15, -0.1) is 0 Å². The average molecular weight is 284 g/mol. The molecular formula is C12H20N4O2S. The molecule has 1 unspecified atom stereocenters. The highest BCUT2D eigenvalue weighted by Crippen LogP contribution is 2.19. The molecule has 1 atom stereocenters. The van der Waals surface area contributed by atoms with Crippen LogP contribution < -0.4 is 10.0 Å². The lowest BCUT2D eigenvalue weighted by atomic mass is 10.00. The molecule has 2 heterocycles. The van der Waals surface area contributed by atoms with Crippen molar-refractivity contribution in [3.8, 4) is 0 Å². The van der Waals surface area contributed by atoms with Gasteiger partial charge in [0.25, 0.3) is 0 Å². The van der Waals surface area contributed by atoms with Gasteiger partial charge in [-0.25, -0.2) is 4.98 Å². The van der Waals surface area contributed by atoms with Crippen LogP contribution in [0.4, 0.5) is 5.82 Å². The molecule has 1 aliphatic heterocycles. The van der Waals surface area contributed by atoms with E-state index in [1.165, 1.54) is 4.31 Å². The fourth-order valence-corrected chi connectivity index (χ4v) is 3.61. The molecule has 2 N–H and O–H groups in total. The van der Waals surface area contributed by atoms with Crippen molar-refractivity contribution in [2.24, 2.45) is 5.92 Å². The van der Waals surface area contributed by atoms with E-state index in [9.17, 15) is 8.42 Å². The molecule has 19 heavy (non-hydrogen) atoms. The third-order valence-corrected chi connectivity index (χ3v) is 4.69. The highest BCUT2D eigenvalue weighted by Gasteiger charge is 2.28.